The summed E-state index contributed by atoms with van der Waals surface area (Å²) in [4.78, 5) is 8.71. The Bertz CT molecular complexity index is 286. The van der Waals surface area contributed by atoms with Crippen LogP contribution in [0.25, 0.3) is 0 Å². The van der Waals surface area contributed by atoms with Crippen LogP contribution in [0, 0.1) is 0 Å². The summed E-state index contributed by atoms with van der Waals surface area (Å²) in [5.74, 6) is 1.18. The Kier molecular flexibility index (Phi) is 3.57. The predicted octanol–water partition coefficient (Wildman–Crippen LogP) is 1.34. The molecule has 1 N–H and O–H groups in total. The summed E-state index contributed by atoms with van der Waals surface area (Å²) in [6, 6.07) is 0. The highest BCUT2D eigenvalue weighted by molar-refractivity contribution is 7.80. The van der Waals surface area contributed by atoms with E-state index >= 15 is 0 Å². The number of thiol groups is 1. The van der Waals surface area contributed by atoms with Crippen LogP contribution < -0.4 is 5.32 Å². The lowest BCUT2D eigenvalue weighted by atomic mass is 10.5. The van der Waals surface area contributed by atoms with Gasteiger partial charge in [-0.3, -0.25) is 0 Å². The molecule has 0 aliphatic heterocycles. The van der Waals surface area contributed by atoms with Crippen molar-refractivity contribution in [2.24, 2.45) is 0 Å². The standard InChI is InChI=1S/C8H11N3OS/c1-6(12-2)3-9-8-10-4-7(13)5-11-8/h4-5,13H,1,3H2,2H3,(H,9,10,11). The van der Waals surface area contributed by atoms with E-state index in [0.29, 0.717) is 18.3 Å². The minimum absolute atomic E-state index is 0.502. The highest BCUT2D eigenvalue weighted by Crippen LogP contribution is 2.03. The number of rotatable bonds is 4. The van der Waals surface area contributed by atoms with Crippen LogP contribution in [0.5, 0.6) is 0 Å². The average molecular weight is 197 g/mol. The van der Waals surface area contributed by atoms with E-state index in [-0.39, 0.29) is 0 Å². The Morgan fingerprint density at radius 3 is 2.77 bits per heavy atom. The zero-order valence-corrected chi connectivity index (χ0v) is 8.21. The lowest BCUT2D eigenvalue weighted by Crippen LogP contribution is -2.07. The smallest absolute Gasteiger partial charge is 0.223 e. The number of anilines is 1. The fraction of sp³-hybridized carbons (Fsp3) is 0.250. The summed E-state index contributed by atoms with van der Waals surface area (Å²) in [5.41, 5.74) is 0. The quantitative estimate of drug-likeness (QED) is 0.565. The first kappa shape index (κ1) is 9.85. The zero-order chi connectivity index (χ0) is 9.68. The molecule has 4 nitrogen and oxygen atoms in total. The molecule has 1 aromatic rings. The normalized spacial score (nSPS) is 9.38. The number of aromatic nitrogens is 2. The van der Waals surface area contributed by atoms with Crippen molar-refractivity contribution in [1.29, 1.82) is 0 Å². The van der Waals surface area contributed by atoms with Crippen LogP contribution in [0.1, 0.15) is 0 Å². The van der Waals surface area contributed by atoms with Crippen LogP contribution in [0.15, 0.2) is 29.6 Å². The molecular weight excluding hydrogens is 186 g/mol. The van der Waals surface area contributed by atoms with Gasteiger partial charge < -0.3 is 10.1 Å². The van der Waals surface area contributed by atoms with Crippen LogP contribution in [-0.4, -0.2) is 23.6 Å². The van der Waals surface area contributed by atoms with Crippen molar-refractivity contribution in [3.63, 3.8) is 0 Å². The summed E-state index contributed by atoms with van der Waals surface area (Å²) >= 11 is 4.06. The minimum atomic E-state index is 0.502. The molecule has 0 aliphatic rings. The van der Waals surface area contributed by atoms with Gasteiger partial charge >= 0.3 is 0 Å². The van der Waals surface area contributed by atoms with E-state index in [1.165, 1.54) is 0 Å². The molecule has 1 heterocycles. The van der Waals surface area contributed by atoms with Crippen LogP contribution in [0.4, 0.5) is 5.95 Å². The Labute approximate surface area is 82.5 Å². The molecule has 0 amide bonds. The first-order chi connectivity index (χ1) is 6.22. The number of hydrogen-bond donors (Lipinski definition) is 2. The molecule has 0 fully saturated rings. The van der Waals surface area contributed by atoms with Crippen molar-refractivity contribution >= 4 is 18.6 Å². The summed E-state index contributed by atoms with van der Waals surface area (Å²) in [6.07, 6.45) is 3.24. The minimum Gasteiger partial charge on any atom is -0.500 e. The van der Waals surface area contributed by atoms with Gasteiger partial charge in [-0.1, -0.05) is 6.58 Å². The molecule has 0 radical (unpaired) electrons. The van der Waals surface area contributed by atoms with Gasteiger partial charge in [-0.15, -0.1) is 12.6 Å². The topological polar surface area (TPSA) is 47.0 Å². The molecule has 13 heavy (non-hydrogen) atoms. The maximum Gasteiger partial charge on any atom is 0.223 e. The molecule has 0 atom stereocenters. The number of methoxy groups -OCH3 is 1. The molecule has 0 bridgehead atoms. The molecule has 5 heteroatoms. The first-order valence-electron chi connectivity index (χ1n) is 3.69. The second-order valence-corrected chi connectivity index (χ2v) is 2.88. The third kappa shape index (κ3) is 3.33. The molecule has 0 saturated heterocycles. The molecule has 1 aromatic heterocycles. The van der Waals surface area contributed by atoms with E-state index in [2.05, 4.69) is 34.5 Å². The molecule has 0 aliphatic carbocycles. The van der Waals surface area contributed by atoms with E-state index in [1.807, 2.05) is 0 Å². The Morgan fingerprint density at radius 2 is 2.23 bits per heavy atom. The van der Waals surface area contributed by atoms with E-state index in [4.69, 9.17) is 4.74 Å². The van der Waals surface area contributed by atoms with Gasteiger partial charge in [0, 0.05) is 17.3 Å². The van der Waals surface area contributed by atoms with Crippen LogP contribution in [0.3, 0.4) is 0 Å². The van der Waals surface area contributed by atoms with Gasteiger partial charge in [-0.05, 0) is 0 Å². The van der Waals surface area contributed by atoms with Crippen molar-refractivity contribution < 1.29 is 4.74 Å². The van der Waals surface area contributed by atoms with E-state index in [9.17, 15) is 0 Å². The van der Waals surface area contributed by atoms with Crippen LogP contribution in [-0.2, 0) is 4.74 Å². The van der Waals surface area contributed by atoms with Crippen molar-refractivity contribution in [2.75, 3.05) is 19.0 Å². The molecule has 0 aromatic carbocycles. The van der Waals surface area contributed by atoms with Crippen LogP contribution in [0.2, 0.25) is 0 Å². The molecule has 0 unspecified atom stereocenters. The van der Waals surface area contributed by atoms with Gasteiger partial charge in [0.2, 0.25) is 5.95 Å². The van der Waals surface area contributed by atoms with Crippen molar-refractivity contribution in [2.45, 2.75) is 4.90 Å². The van der Waals surface area contributed by atoms with Gasteiger partial charge in [0.05, 0.1) is 13.7 Å². The average Bonchev–Trinajstić information content (AvgIpc) is 2.16. The molecule has 70 valence electrons. The van der Waals surface area contributed by atoms with Crippen molar-refractivity contribution in [3.8, 4) is 0 Å². The van der Waals surface area contributed by atoms with Crippen molar-refractivity contribution in [1.82, 2.24) is 9.97 Å². The molecular formula is C8H11N3OS. The summed E-state index contributed by atoms with van der Waals surface area (Å²) < 4.78 is 4.87. The van der Waals surface area contributed by atoms with Gasteiger partial charge in [0.1, 0.15) is 5.76 Å². The second kappa shape index (κ2) is 4.71. The van der Waals surface area contributed by atoms with E-state index in [0.717, 1.165) is 4.90 Å². The number of nitrogens with zero attached hydrogens (tertiary/aromatic N) is 2. The van der Waals surface area contributed by atoms with Gasteiger partial charge in [0.25, 0.3) is 0 Å². The zero-order valence-electron chi connectivity index (χ0n) is 7.32. The lowest BCUT2D eigenvalue weighted by Gasteiger charge is -2.05. The largest absolute Gasteiger partial charge is 0.500 e. The summed E-state index contributed by atoms with van der Waals surface area (Å²) in [5, 5.41) is 2.94. The van der Waals surface area contributed by atoms with E-state index < -0.39 is 0 Å². The predicted molar refractivity (Wildman–Crippen MR) is 53.9 cm³/mol. The summed E-state index contributed by atoms with van der Waals surface area (Å²) in [7, 11) is 1.57. The fourth-order valence-corrected chi connectivity index (χ4v) is 0.778. The second-order valence-electron chi connectivity index (χ2n) is 2.36. The third-order valence-corrected chi connectivity index (χ3v) is 1.60. The van der Waals surface area contributed by atoms with Gasteiger partial charge in [0.15, 0.2) is 0 Å². The first-order valence-corrected chi connectivity index (χ1v) is 4.13. The fourth-order valence-electron chi connectivity index (χ4n) is 0.662. The Morgan fingerprint density at radius 1 is 1.62 bits per heavy atom. The van der Waals surface area contributed by atoms with Gasteiger partial charge in [-0.2, -0.15) is 0 Å². The highest BCUT2D eigenvalue weighted by Gasteiger charge is 1.95. The van der Waals surface area contributed by atoms with E-state index in [1.54, 1.807) is 19.5 Å². The number of ether oxygens (including phenoxy) is 1. The number of hydrogen-bond acceptors (Lipinski definition) is 5. The lowest BCUT2D eigenvalue weighted by molar-refractivity contribution is 0.291. The molecule has 1 rings (SSSR count). The maximum absolute atomic E-state index is 4.87. The Hall–Kier alpha value is -1.23. The highest BCUT2D eigenvalue weighted by atomic mass is 32.1. The monoisotopic (exact) mass is 197 g/mol. The number of nitrogens with one attached hydrogen (secondary N) is 1. The van der Waals surface area contributed by atoms with Crippen molar-refractivity contribution in [3.05, 3.63) is 24.7 Å². The van der Waals surface area contributed by atoms with Gasteiger partial charge in [-0.25, -0.2) is 9.97 Å². The Balaban J connectivity index is 2.46. The molecule has 0 spiro atoms. The third-order valence-electron chi connectivity index (χ3n) is 1.37. The SMILES string of the molecule is C=C(CNc1ncc(S)cn1)OC. The maximum atomic E-state index is 4.87. The summed E-state index contributed by atoms with van der Waals surface area (Å²) in [6.45, 7) is 4.15. The van der Waals surface area contributed by atoms with Crippen LogP contribution >= 0.6 is 12.6 Å². The molecule has 0 saturated carbocycles.